The Morgan fingerprint density at radius 3 is 2.42 bits per heavy atom. The maximum atomic E-state index is 13.0. The summed E-state index contributed by atoms with van der Waals surface area (Å²) in [5.74, 6) is -0.315. The first-order valence-electron chi connectivity index (χ1n) is 12.8. The van der Waals surface area contributed by atoms with Gasteiger partial charge in [0.05, 0.1) is 17.5 Å². The van der Waals surface area contributed by atoms with Crippen molar-refractivity contribution < 1.29 is 14.7 Å². The molecule has 0 unspecified atom stereocenters. The quantitative estimate of drug-likeness (QED) is 0.251. The molecule has 1 fully saturated rings. The molecular formula is C30H33BrN4O3. The number of benzene rings is 3. The fraction of sp³-hybridized carbons (Fsp3) is 0.300. The molecule has 0 atom stereocenters. The van der Waals surface area contributed by atoms with E-state index < -0.39 is 5.91 Å². The topological polar surface area (TPSA) is 94.0 Å². The van der Waals surface area contributed by atoms with E-state index in [4.69, 9.17) is 0 Å². The molecule has 3 aromatic rings. The van der Waals surface area contributed by atoms with E-state index in [1.165, 1.54) is 5.56 Å². The van der Waals surface area contributed by atoms with E-state index in [9.17, 15) is 14.7 Å². The van der Waals surface area contributed by atoms with Gasteiger partial charge in [-0.3, -0.25) is 14.5 Å². The lowest BCUT2D eigenvalue weighted by atomic mass is 9.97. The molecule has 0 saturated carbocycles. The molecule has 0 bridgehead atoms. The summed E-state index contributed by atoms with van der Waals surface area (Å²) in [4.78, 5) is 28.3. The molecule has 7 nitrogen and oxygen atoms in total. The predicted octanol–water partition coefficient (Wildman–Crippen LogP) is 5.29. The lowest BCUT2D eigenvalue weighted by Crippen LogP contribution is -2.34. The average molecular weight is 578 g/mol. The van der Waals surface area contributed by atoms with Gasteiger partial charge in [-0.25, -0.2) is 5.43 Å². The van der Waals surface area contributed by atoms with Crippen molar-refractivity contribution in [1.82, 2.24) is 10.3 Å². The number of piperidine rings is 1. The predicted molar refractivity (Wildman–Crippen MR) is 155 cm³/mol. The Bertz CT molecular complexity index is 1320. The molecule has 198 valence electrons. The number of rotatable bonds is 8. The molecule has 1 aliphatic rings. The Morgan fingerprint density at radius 2 is 1.74 bits per heavy atom. The molecule has 8 heteroatoms. The highest BCUT2D eigenvalue weighted by molar-refractivity contribution is 9.10. The van der Waals surface area contributed by atoms with Crippen molar-refractivity contribution in [1.29, 1.82) is 0 Å². The molecule has 38 heavy (non-hydrogen) atoms. The summed E-state index contributed by atoms with van der Waals surface area (Å²) in [6.45, 7) is 7.09. The van der Waals surface area contributed by atoms with Gasteiger partial charge in [0.15, 0.2) is 0 Å². The van der Waals surface area contributed by atoms with E-state index in [2.05, 4.69) is 36.7 Å². The second-order valence-electron chi connectivity index (χ2n) is 9.79. The number of carbonyl (C=O) groups is 2. The number of anilines is 1. The van der Waals surface area contributed by atoms with Crippen LogP contribution in [-0.2, 0) is 6.54 Å². The van der Waals surface area contributed by atoms with Gasteiger partial charge in [0.2, 0.25) is 0 Å². The van der Waals surface area contributed by atoms with Crippen molar-refractivity contribution in [2.24, 2.45) is 11.0 Å². The molecule has 3 aromatic carbocycles. The summed E-state index contributed by atoms with van der Waals surface area (Å²) in [6, 6.07) is 18.6. The number of hydrazone groups is 1. The van der Waals surface area contributed by atoms with E-state index in [1.807, 2.05) is 44.2 Å². The zero-order valence-electron chi connectivity index (χ0n) is 21.7. The van der Waals surface area contributed by atoms with Crippen LogP contribution in [0.3, 0.4) is 0 Å². The Labute approximate surface area is 232 Å². The van der Waals surface area contributed by atoms with Crippen LogP contribution in [-0.4, -0.2) is 47.7 Å². The number of nitrogens with zero attached hydrogens (tertiary/aromatic N) is 2. The van der Waals surface area contributed by atoms with Crippen LogP contribution in [0.25, 0.3) is 0 Å². The van der Waals surface area contributed by atoms with Gasteiger partial charge >= 0.3 is 0 Å². The maximum absolute atomic E-state index is 13.0. The van der Waals surface area contributed by atoms with Crippen LogP contribution in [0.5, 0.6) is 0 Å². The van der Waals surface area contributed by atoms with Gasteiger partial charge in [-0.05, 0) is 98.3 Å². The van der Waals surface area contributed by atoms with Crippen LogP contribution in [0.4, 0.5) is 5.69 Å². The van der Waals surface area contributed by atoms with Crippen molar-refractivity contribution in [3.63, 3.8) is 0 Å². The minimum absolute atomic E-state index is 0.264. The Balaban J connectivity index is 1.38. The number of amides is 2. The zero-order valence-corrected chi connectivity index (χ0v) is 23.3. The van der Waals surface area contributed by atoms with Crippen molar-refractivity contribution >= 4 is 39.6 Å². The fourth-order valence-corrected chi connectivity index (χ4v) is 4.79. The summed E-state index contributed by atoms with van der Waals surface area (Å²) in [5.41, 5.74) is 8.11. The minimum atomic E-state index is -0.429. The third kappa shape index (κ3) is 7.37. The van der Waals surface area contributed by atoms with Gasteiger partial charge in [0.1, 0.15) is 0 Å². The second-order valence-corrected chi connectivity index (χ2v) is 10.7. The van der Waals surface area contributed by atoms with Crippen LogP contribution in [0.15, 0.2) is 70.2 Å². The normalized spacial score (nSPS) is 14.5. The number of aliphatic hydroxyl groups is 1. The lowest BCUT2D eigenvalue weighted by Gasteiger charge is -2.31. The number of carbonyl (C=O) groups excluding carboxylic acids is 2. The van der Waals surface area contributed by atoms with E-state index in [0.29, 0.717) is 27.2 Å². The molecule has 0 radical (unpaired) electrons. The molecule has 1 saturated heterocycles. The van der Waals surface area contributed by atoms with Gasteiger partial charge in [0, 0.05) is 23.2 Å². The third-order valence-corrected chi connectivity index (χ3v) is 7.47. The van der Waals surface area contributed by atoms with Crippen LogP contribution in [0, 0.1) is 19.8 Å². The Hall–Kier alpha value is -3.33. The highest BCUT2D eigenvalue weighted by Gasteiger charge is 2.19. The van der Waals surface area contributed by atoms with Gasteiger partial charge in [-0.15, -0.1) is 0 Å². The third-order valence-electron chi connectivity index (χ3n) is 6.97. The zero-order chi connectivity index (χ0) is 27.1. The largest absolute Gasteiger partial charge is 0.396 e. The minimum Gasteiger partial charge on any atom is -0.396 e. The van der Waals surface area contributed by atoms with Crippen LogP contribution in [0.2, 0.25) is 0 Å². The van der Waals surface area contributed by atoms with Gasteiger partial charge in [-0.2, -0.15) is 5.10 Å². The standard InChI is InChI=1S/C30H33BrN4O3/c1-20-3-4-24(15-21(20)2)17-32-34-30(38)27-16-26(31)9-10-28(27)33-29(37)25-7-5-22(6-8-25)18-35-13-11-23(19-36)12-14-35/h3-10,15-17,23,36H,11-14,18-19H2,1-2H3,(H,33,37)(H,34,38)/b32-17+. The highest BCUT2D eigenvalue weighted by atomic mass is 79.9. The Morgan fingerprint density at radius 1 is 1.00 bits per heavy atom. The molecular weight excluding hydrogens is 544 g/mol. The van der Waals surface area contributed by atoms with E-state index in [1.54, 1.807) is 36.5 Å². The van der Waals surface area contributed by atoms with Crippen molar-refractivity contribution in [3.8, 4) is 0 Å². The van der Waals surface area contributed by atoms with Crippen LogP contribution < -0.4 is 10.7 Å². The Kier molecular flexibility index (Phi) is 9.44. The van der Waals surface area contributed by atoms with Gasteiger partial charge in [-0.1, -0.05) is 46.3 Å². The molecule has 0 aromatic heterocycles. The average Bonchev–Trinajstić information content (AvgIpc) is 2.92. The highest BCUT2D eigenvalue weighted by Crippen LogP contribution is 2.23. The number of halogens is 1. The molecule has 1 heterocycles. The fourth-order valence-electron chi connectivity index (χ4n) is 4.43. The molecule has 4 rings (SSSR count). The van der Waals surface area contributed by atoms with Gasteiger partial charge < -0.3 is 10.4 Å². The smallest absolute Gasteiger partial charge is 0.273 e. The SMILES string of the molecule is Cc1ccc(/C=N/NC(=O)c2cc(Br)ccc2NC(=O)c2ccc(CN3CCC(CO)CC3)cc2)cc1C. The summed E-state index contributed by atoms with van der Waals surface area (Å²) < 4.78 is 0.714. The first-order chi connectivity index (χ1) is 18.3. The van der Waals surface area contributed by atoms with E-state index in [0.717, 1.165) is 49.2 Å². The summed E-state index contributed by atoms with van der Waals surface area (Å²) in [5, 5.41) is 16.3. The second kappa shape index (κ2) is 13.0. The molecule has 2 amide bonds. The number of likely N-dealkylation sites (tertiary alicyclic amines) is 1. The monoisotopic (exact) mass is 576 g/mol. The number of aryl methyl sites for hydroxylation is 2. The summed E-state index contributed by atoms with van der Waals surface area (Å²) in [6.07, 6.45) is 3.62. The van der Waals surface area contributed by atoms with E-state index >= 15 is 0 Å². The van der Waals surface area contributed by atoms with Crippen LogP contribution in [0.1, 0.15) is 55.8 Å². The number of aliphatic hydroxyl groups excluding tert-OH is 1. The number of nitrogens with one attached hydrogen (secondary N) is 2. The first-order valence-corrected chi connectivity index (χ1v) is 13.6. The van der Waals surface area contributed by atoms with Crippen LogP contribution >= 0.6 is 15.9 Å². The molecule has 3 N–H and O–H groups in total. The van der Waals surface area contributed by atoms with Crippen molar-refractivity contribution in [2.45, 2.75) is 33.2 Å². The lowest BCUT2D eigenvalue weighted by molar-refractivity contribution is 0.0956. The maximum Gasteiger partial charge on any atom is 0.273 e. The van der Waals surface area contributed by atoms with E-state index in [-0.39, 0.29) is 12.5 Å². The number of hydrogen-bond acceptors (Lipinski definition) is 5. The summed E-state index contributed by atoms with van der Waals surface area (Å²) in [7, 11) is 0. The van der Waals surface area contributed by atoms with Gasteiger partial charge in [0.25, 0.3) is 11.8 Å². The first kappa shape index (κ1) is 27.7. The van der Waals surface area contributed by atoms with Crippen molar-refractivity contribution in [2.75, 3.05) is 25.0 Å². The molecule has 1 aliphatic heterocycles. The molecule has 0 spiro atoms. The molecule has 0 aliphatic carbocycles. The number of hydrogen-bond donors (Lipinski definition) is 3. The van der Waals surface area contributed by atoms with Crippen molar-refractivity contribution in [3.05, 3.63) is 98.5 Å². The summed E-state index contributed by atoms with van der Waals surface area (Å²) >= 11 is 3.40.